The van der Waals surface area contributed by atoms with Crippen molar-refractivity contribution in [3.63, 3.8) is 0 Å². The van der Waals surface area contributed by atoms with E-state index in [2.05, 4.69) is 36.3 Å². The Morgan fingerprint density at radius 1 is 1.33 bits per heavy atom. The molecule has 1 atom stereocenters. The van der Waals surface area contributed by atoms with Crippen LogP contribution in [0.25, 0.3) is 0 Å². The molecule has 0 bridgehead atoms. The van der Waals surface area contributed by atoms with E-state index in [1.807, 2.05) is 30.3 Å². The number of benzene rings is 1. The van der Waals surface area contributed by atoms with Crippen LogP contribution in [0.4, 0.5) is 0 Å². The fourth-order valence-electron chi connectivity index (χ4n) is 1.93. The molecule has 0 spiro atoms. The van der Waals surface area contributed by atoms with Crippen molar-refractivity contribution >= 4 is 5.91 Å². The van der Waals surface area contributed by atoms with Gasteiger partial charge in [0, 0.05) is 23.7 Å². The summed E-state index contributed by atoms with van der Waals surface area (Å²) in [5.74, 6) is -0.215. The number of carbonyl (C=O) groups excluding carboxylic acids is 1. The summed E-state index contributed by atoms with van der Waals surface area (Å²) in [4.78, 5) is 12.1. The van der Waals surface area contributed by atoms with Crippen molar-refractivity contribution in [3.8, 4) is 0 Å². The van der Waals surface area contributed by atoms with Gasteiger partial charge in [0.05, 0.1) is 0 Å². The Kier molecular flexibility index (Phi) is 4.43. The Hall–Kier alpha value is -2.14. The lowest BCUT2D eigenvalue weighted by Gasteiger charge is -2.14. The second kappa shape index (κ2) is 6.10. The van der Waals surface area contributed by atoms with Gasteiger partial charge in [-0.05, 0) is 11.6 Å². The summed E-state index contributed by atoms with van der Waals surface area (Å²) in [5.41, 5.74) is 8.30. The van der Waals surface area contributed by atoms with Gasteiger partial charge in [-0.15, -0.1) is 0 Å². The number of carbonyl (C=O) groups is 1. The third-order valence-electron chi connectivity index (χ3n) is 3.33. The normalized spacial score (nSPS) is 13.0. The van der Waals surface area contributed by atoms with E-state index < -0.39 is 0 Å². The minimum absolute atomic E-state index is 0.0635. The Morgan fingerprint density at radius 2 is 2.00 bits per heavy atom. The number of hydrogen-bond acceptors (Lipinski definition) is 3. The van der Waals surface area contributed by atoms with Crippen LogP contribution in [0.3, 0.4) is 0 Å². The number of nitrogens with two attached hydrogens (primary N) is 1. The minimum Gasteiger partial charge on any atom is -0.349 e. The molecule has 0 fully saturated rings. The van der Waals surface area contributed by atoms with Gasteiger partial charge in [-0.3, -0.25) is 9.89 Å². The molecule has 1 aromatic carbocycles. The van der Waals surface area contributed by atoms with Gasteiger partial charge < -0.3 is 11.1 Å². The molecule has 1 heterocycles. The van der Waals surface area contributed by atoms with Crippen LogP contribution >= 0.6 is 0 Å². The summed E-state index contributed by atoms with van der Waals surface area (Å²) in [6, 6.07) is 11.2. The smallest absolute Gasteiger partial charge is 0.271 e. The van der Waals surface area contributed by atoms with E-state index in [1.165, 1.54) is 0 Å². The molecule has 0 radical (unpaired) electrons. The molecule has 0 aliphatic rings. The first-order valence-electron chi connectivity index (χ1n) is 7.02. The molecule has 5 heteroatoms. The van der Waals surface area contributed by atoms with Gasteiger partial charge in [0.2, 0.25) is 0 Å². The molecule has 0 aliphatic carbocycles. The summed E-state index contributed by atoms with van der Waals surface area (Å²) >= 11 is 0. The zero-order valence-corrected chi connectivity index (χ0v) is 12.7. The van der Waals surface area contributed by atoms with Crippen LogP contribution in [-0.2, 0) is 5.41 Å². The summed E-state index contributed by atoms with van der Waals surface area (Å²) in [5, 5.41) is 9.77. The van der Waals surface area contributed by atoms with E-state index in [1.54, 1.807) is 6.07 Å². The Morgan fingerprint density at radius 3 is 2.57 bits per heavy atom. The first-order valence-corrected chi connectivity index (χ1v) is 7.02. The van der Waals surface area contributed by atoms with Gasteiger partial charge in [-0.1, -0.05) is 51.1 Å². The lowest BCUT2D eigenvalue weighted by Crippen LogP contribution is -2.32. The van der Waals surface area contributed by atoms with Gasteiger partial charge in [-0.2, -0.15) is 5.10 Å². The molecular formula is C16H22N4O. The highest BCUT2D eigenvalue weighted by molar-refractivity contribution is 5.92. The predicted molar refractivity (Wildman–Crippen MR) is 83.0 cm³/mol. The van der Waals surface area contributed by atoms with E-state index in [9.17, 15) is 4.79 Å². The number of amides is 1. The van der Waals surface area contributed by atoms with E-state index in [-0.39, 0.29) is 17.4 Å². The predicted octanol–water partition coefficient (Wildman–Crippen LogP) is 2.14. The van der Waals surface area contributed by atoms with Crippen molar-refractivity contribution in [3.05, 3.63) is 53.3 Å². The van der Waals surface area contributed by atoms with E-state index in [0.29, 0.717) is 12.2 Å². The van der Waals surface area contributed by atoms with E-state index >= 15 is 0 Å². The van der Waals surface area contributed by atoms with Crippen molar-refractivity contribution in [2.24, 2.45) is 5.73 Å². The second-order valence-electron chi connectivity index (χ2n) is 6.14. The van der Waals surface area contributed by atoms with Gasteiger partial charge in [0.25, 0.3) is 5.91 Å². The number of hydrogen-bond donors (Lipinski definition) is 3. The highest BCUT2D eigenvalue weighted by Crippen LogP contribution is 2.20. The van der Waals surface area contributed by atoms with Crippen molar-refractivity contribution in [2.75, 3.05) is 6.54 Å². The van der Waals surface area contributed by atoms with Crippen molar-refractivity contribution in [1.29, 1.82) is 0 Å². The van der Waals surface area contributed by atoms with Crippen molar-refractivity contribution in [2.45, 2.75) is 32.2 Å². The monoisotopic (exact) mass is 286 g/mol. The van der Waals surface area contributed by atoms with E-state index in [0.717, 1.165) is 11.3 Å². The molecule has 4 N–H and O–H groups in total. The largest absolute Gasteiger partial charge is 0.349 e. The fourth-order valence-corrected chi connectivity index (χ4v) is 1.93. The minimum atomic E-state index is -0.226. The molecule has 112 valence electrons. The van der Waals surface area contributed by atoms with Crippen LogP contribution in [-0.4, -0.2) is 22.6 Å². The Bertz CT molecular complexity index is 598. The standard InChI is InChI=1S/C16H22N4O/c1-16(2,3)14-9-13(19-20-14)15(21)18-10-12(17)11-7-5-4-6-8-11/h4-9,12H,10,17H2,1-3H3,(H,18,21)(H,19,20). The SMILES string of the molecule is CC(C)(C)c1cc(C(=O)NCC(N)c2ccccc2)n[nH]1. The fraction of sp³-hybridized carbons (Fsp3) is 0.375. The van der Waals surface area contributed by atoms with Crippen molar-refractivity contribution in [1.82, 2.24) is 15.5 Å². The highest BCUT2D eigenvalue weighted by atomic mass is 16.1. The molecule has 2 rings (SSSR count). The molecule has 1 aromatic heterocycles. The van der Waals surface area contributed by atoms with Crippen LogP contribution in [0.15, 0.2) is 36.4 Å². The van der Waals surface area contributed by atoms with Gasteiger partial charge in [0.1, 0.15) is 5.69 Å². The van der Waals surface area contributed by atoms with Crippen LogP contribution in [0.5, 0.6) is 0 Å². The molecule has 2 aromatic rings. The lowest BCUT2D eigenvalue weighted by molar-refractivity contribution is 0.0946. The summed E-state index contributed by atoms with van der Waals surface area (Å²) < 4.78 is 0. The number of nitrogens with one attached hydrogen (secondary N) is 2. The summed E-state index contributed by atoms with van der Waals surface area (Å²) in [6.07, 6.45) is 0. The number of nitrogens with zero attached hydrogens (tertiary/aromatic N) is 1. The summed E-state index contributed by atoms with van der Waals surface area (Å²) in [7, 11) is 0. The van der Waals surface area contributed by atoms with Crippen molar-refractivity contribution < 1.29 is 4.79 Å². The Labute approximate surface area is 124 Å². The zero-order chi connectivity index (χ0) is 15.5. The van der Waals surface area contributed by atoms with Crippen LogP contribution in [0, 0.1) is 0 Å². The highest BCUT2D eigenvalue weighted by Gasteiger charge is 2.19. The first-order chi connectivity index (χ1) is 9.88. The number of rotatable bonds is 4. The number of aromatic amines is 1. The van der Waals surface area contributed by atoms with Gasteiger partial charge in [0.15, 0.2) is 0 Å². The average molecular weight is 286 g/mol. The maximum atomic E-state index is 12.1. The average Bonchev–Trinajstić information content (AvgIpc) is 2.95. The molecule has 0 saturated carbocycles. The van der Waals surface area contributed by atoms with Gasteiger partial charge in [-0.25, -0.2) is 0 Å². The molecule has 5 nitrogen and oxygen atoms in total. The maximum Gasteiger partial charge on any atom is 0.271 e. The lowest BCUT2D eigenvalue weighted by atomic mass is 9.92. The van der Waals surface area contributed by atoms with Crippen LogP contribution in [0.2, 0.25) is 0 Å². The second-order valence-corrected chi connectivity index (χ2v) is 6.14. The van der Waals surface area contributed by atoms with Crippen LogP contribution < -0.4 is 11.1 Å². The molecule has 21 heavy (non-hydrogen) atoms. The quantitative estimate of drug-likeness (QED) is 0.805. The third-order valence-corrected chi connectivity index (χ3v) is 3.33. The maximum absolute atomic E-state index is 12.1. The molecular weight excluding hydrogens is 264 g/mol. The first kappa shape index (κ1) is 15.3. The number of aromatic nitrogens is 2. The molecule has 0 saturated heterocycles. The molecule has 1 unspecified atom stereocenters. The topological polar surface area (TPSA) is 83.8 Å². The Balaban J connectivity index is 1.95. The molecule has 1 amide bonds. The number of H-pyrrole nitrogens is 1. The zero-order valence-electron chi connectivity index (χ0n) is 12.7. The summed E-state index contributed by atoms with van der Waals surface area (Å²) in [6.45, 7) is 6.56. The van der Waals surface area contributed by atoms with E-state index in [4.69, 9.17) is 5.73 Å². The van der Waals surface area contributed by atoms with Crippen LogP contribution in [0.1, 0.15) is 48.6 Å². The molecule has 0 aliphatic heterocycles. The third kappa shape index (κ3) is 3.92. The van der Waals surface area contributed by atoms with Gasteiger partial charge >= 0.3 is 0 Å².